The fourth-order valence-electron chi connectivity index (χ4n) is 0.204. The Morgan fingerprint density at radius 2 is 1.45 bits per heavy atom. The third-order valence-electron chi connectivity index (χ3n) is 0.752. The highest BCUT2D eigenvalue weighted by Crippen LogP contribution is 2.43. The van der Waals surface area contributed by atoms with Crippen LogP contribution < -0.4 is 0 Å². The van der Waals surface area contributed by atoms with Crippen molar-refractivity contribution in [1.29, 1.82) is 0 Å². The molecule has 0 aliphatic carbocycles. The van der Waals surface area contributed by atoms with Crippen LogP contribution in [0.3, 0.4) is 0 Å². The topological polar surface area (TPSA) is 0 Å². The molecule has 7 heteroatoms. The van der Waals surface area contributed by atoms with Crippen molar-refractivity contribution in [2.24, 2.45) is 0 Å². The quantitative estimate of drug-likeness (QED) is 0.646. The Kier molecular flexibility index (Phi) is 3.49. The van der Waals surface area contributed by atoms with E-state index in [1.165, 1.54) is 0 Å². The van der Waals surface area contributed by atoms with Gasteiger partial charge in [0.05, 0.1) is 4.48 Å². The lowest BCUT2D eigenvalue weighted by Gasteiger charge is -2.18. The van der Waals surface area contributed by atoms with Crippen molar-refractivity contribution >= 4 is 31.9 Å². The van der Waals surface area contributed by atoms with Gasteiger partial charge >= 0.3 is 12.1 Å². The third kappa shape index (κ3) is 2.40. The molecule has 0 saturated heterocycles. The summed E-state index contributed by atoms with van der Waals surface area (Å²) in [5, 5.41) is 0. The smallest absolute Gasteiger partial charge is 0.190 e. The molecular weight excluding hydrogens is 303 g/mol. The maximum Gasteiger partial charge on any atom is 0.458 e. The van der Waals surface area contributed by atoms with E-state index >= 15 is 0 Å². The van der Waals surface area contributed by atoms with E-state index in [-0.39, 0.29) is 0 Å². The first-order valence-corrected chi connectivity index (χ1v) is 3.85. The normalized spacial score (nSPS) is 15.4. The predicted molar refractivity (Wildman–Crippen MR) is 36.9 cm³/mol. The summed E-state index contributed by atoms with van der Waals surface area (Å²) >= 11 is 4.43. The van der Waals surface area contributed by atoms with Gasteiger partial charge in [-0.15, -0.1) is 0 Å². The molecule has 0 radical (unpaired) electrons. The maximum atomic E-state index is 12.1. The average molecular weight is 304 g/mol. The van der Waals surface area contributed by atoms with Crippen LogP contribution in [0.4, 0.5) is 22.0 Å². The third-order valence-corrected chi connectivity index (χ3v) is 2.55. The molecule has 0 amide bonds. The first-order valence-electron chi connectivity index (χ1n) is 2.14. The van der Waals surface area contributed by atoms with E-state index < -0.39 is 16.6 Å². The molecule has 0 spiro atoms. The van der Waals surface area contributed by atoms with Crippen molar-refractivity contribution in [3.8, 4) is 0 Å². The van der Waals surface area contributed by atoms with E-state index in [0.717, 1.165) is 0 Å². The molecule has 0 aliphatic rings. The van der Waals surface area contributed by atoms with Crippen molar-refractivity contribution < 1.29 is 22.0 Å². The van der Waals surface area contributed by atoms with Crippen LogP contribution in [-0.2, 0) is 0 Å². The minimum absolute atomic E-state index is 0.473. The zero-order chi connectivity index (χ0) is 9.28. The Morgan fingerprint density at radius 1 is 1.09 bits per heavy atom. The average Bonchev–Trinajstić information content (AvgIpc) is 1.83. The molecule has 66 valence electrons. The van der Waals surface area contributed by atoms with E-state index in [1.807, 2.05) is 0 Å². The summed E-state index contributed by atoms with van der Waals surface area (Å²) in [6, 6.07) is 0. The zero-order valence-corrected chi connectivity index (χ0v) is 7.90. The van der Waals surface area contributed by atoms with Crippen LogP contribution in [0.2, 0.25) is 0 Å². The maximum absolute atomic E-state index is 12.1. The van der Waals surface area contributed by atoms with Crippen LogP contribution in [0.15, 0.2) is 9.47 Å². The predicted octanol–water partition coefficient (Wildman–Crippen LogP) is 3.82. The van der Waals surface area contributed by atoms with Gasteiger partial charge in [0.1, 0.15) is 0 Å². The second-order valence-corrected chi connectivity index (χ2v) is 2.84. The largest absolute Gasteiger partial charge is 0.458 e. The SMILES string of the molecule is FC(F)(F)C(F)(F)C(Br)=CBr. The van der Waals surface area contributed by atoms with E-state index in [1.54, 1.807) is 0 Å². The molecule has 11 heavy (non-hydrogen) atoms. The van der Waals surface area contributed by atoms with Gasteiger partial charge in [-0.1, -0.05) is 15.9 Å². The van der Waals surface area contributed by atoms with Gasteiger partial charge in [-0.25, -0.2) is 0 Å². The molecule has 0 unspecified atom stereocenters. The molecule has 0 N–H and O–H groups in total. The van der Waals surface area contributed by atoms with Crippen molar-refractivity contribution in [3.63, 3.8) is 0 Å². The van der Waals surface area contributed by atoms with Crippen molar-refractivity contribution in [1.82, 2.24) is 0 Å². The Bertz CT molecular complexity index is 170. The fraction of sp³-hybridized carbons (Fsp3) is 0.500. The molecule has 0 heterocycles. The van der Waals surface area contributed by atoms with Gasteiger partial charge < -0.3 is 0 Å². The first-order chi connectivity index (χ1) is 4.73. The minimum atomic E-state index is -5.56. The first kappa shape index (κ1) is 11.4. The Balaban J connectivity index is 4.74. The molecule has 0 rings (SSSR count). The van der Waals surface area contributed by atoms with E-state index in [9.17, 15) is 22.0 Å². The molecule has 0 fully saturated rings. The van der Waals surface area contributed by atoms with Crippen LogP contribution in [0.1, 0.15) is 0 Å². The van der Waals surface area contributed by atoms with Gasteiger partial charge in [0.2, 0.25) is 0 Å². The summed E-state index contributed by atoms with van der Waals surface area (Å²) in [6.07, 6.45) is -5.56. The standard InChI is InChI=1S/C4HBr2F5/c5-1-2(6)3(7,8)4(9,10)11/h1H. The summed E-state index contributed by atoms with van der Waals surface area (Å²) in [5.74, 6) is -4.82. The van der Waals surface area contributed by atoms with Crippen LogP contribution in [-0.4, -0.2) is 12.1 Å². The van der Waals surface area contributed by atoms with Gasteiger partial charge in [-0.05, 0) is 20.9 Å². The molecule has 0 aromatic heterocycles. The monoisotopic (exact) mass is 302 g/mol. The Labute approximate surface area is 75.7 Å². The Morgan fingerprint density at radius 3 is 1.55 bits per heavy atom. The number of hydrogen-bond acceptors (Lipinski definition) is 0. The molecule has 0 aromatic carbocycles. The zero-order valence-electron chi connectivity index (χ0n) is 4.72. The summed E-state index contributed by atoms with van der Waals surface area (Å²) in [4.78, 5) is 0.473. The van der Waals surface area contributed by atoms with Gasteiger partial charge in [-0.3, -0.25) is 0 Å². The summed E-state index contributed by atoms with van der Waals surface area (Å²) < 4.78 is 57.1. The summed E-state index contributed by atoms with van der Waals surface area (Å²) in [5.41, 5.74) is 0. The second kappa shape index (κ2) is 3.38. The van der Waals surface area contributed by atoms with Crippen molar-refractivity contribution in [2.75, 3.05) is 0 Å². The van der Waals surface area contributed by atoms with Crippen LogP contribution in [0.25, 0.3) is 0 Å². The van der Waals surface area contributed by atoms with E-state index in [2.05, 4.69) is 31.9 Å². The molecule has 0 bridgehead atoms. The van der Waals surface area contributed by atoms with Crippen molar-refractivity contribution in [3.05, 3.63) is 9.47 Å². The lowest BCUT2D eigenvalue weighted by molar-refractivity contribution is -0.260. The molecular formula is C4HBr2F5. The number of hydrogen-bond donors (Lipinski definition) is 0. The van der Waals surface area contributed by atoms with Crippen LogP contribution >= 0.6 is 31.9 Å². The molecule has 0 nitrogen and oxygen atoms in total. The lowest BCUT2D eigenvalue weighted by atomic mass is 10.3. The fourth-order valence-corrected chi connectivity index (χ4v) is 0.716. The number of allylic oxidation sites excluding steroid dienone is 1. The summed E-state index contributed by atoms with van der Waals surface area (Å²) in [6.45, 7) is 0. The Hall–Kier alpha value is 0.350. The van der Waals surface area contributed by atoms with E-state index in [4.69, 9.17) is 0 Å². The lowest BCUT2D eigenvalue weighted by Crippen LogP contribution is -2.36. The van der Waals surface area contributed by atoms with Gasteiger partial charge in [0, 0.05) is 0 Å². The van der Waals surface area contributed by atoms with Crippen LogP contribution in [0, 0.1) is 0 Å². The summed E-state index contributed by atoms with van der Waals surface area (Å²) in [7, 11) is 0. The highest BCUT2D eigenvalue weighted by atomic mass is 79.9. The number of rotatable bonds is 1. The van der Waals surface area contributed by atoms with E-state index in [0.29, 0.717) is 4.99 Å². The highest BCUT2D eigenvalue weighted by Gasteiger charge is 2.59. The van der Waals surface area contributed by atoms with Gasteiger partial charge in [0.15, 0.2) is 0 Å². The van der Waals surface area contributed by atoms with Gasteiger partial charge in [0.25, 0.3) is 0 Å². The van der Waals surface area contributed by atoms with Gasteiger partial charge in [-0.2, -0.15) is 22.0 Å². The number of alkyl halides is 5. The molecule has 0 saturated carbocycles. The molecule has 0 atom stereocenters. The minimum Gasteiger partial charge on any atom is -0.190 e. The molecule has 0 aliphatic heterocycles. The highest BCUT2D eigenvalue weighted by molar-refractivity contribution is 9.14. The van der Waals surface area contributed by atoms with Crippen molar-refractivity contribution in [2.45, 2.75) is 12.1 Å². The molecule has 0 aromatic rings. The van der Waals surface area contributed by atoms with Crippen LogP contribution in [0.5, 0.6) is 0 Å². The number of halogens is 7. The second-order valence-electron chi connectivity index (χ2n) is 1.53.